The van der Waals surface area contributed by atoms with Crippen LogP contribution in [0.25, 0.3) is 0 Å². The number of methoxy groups -OCH3 is 2. The maximum Gasteiger partial charge on any atom is 4.00 e. The van der Waals surface area contributed by atoms with Crippen LogP contribution < -0.4 is 9.47 Å². The molecule has 0 fully saturated rings. The molecule has 0 atom stereocenters. The summed E-state index contributed by atoms with van der Waals surface area (Å²) in [5.74, 6) is 3.13. The minimum absolute atomic E-state index is 0. The first-order valence-corrected chi connectivity index (χ1v) is 10.9. The second-order valence-electron chi connectivity index (χ2n) is 7.63. The van der Waals surface area contributed by atoms with Crippen molar-refractivity contribution in [2.24, 2.45) is 0 Å². The standard InChI is InChI=1S/2C8H11.2C7H7O.Ti/c2*1-7(2)8-5-3-4-6-8;2*1-8-7-5-3-2-4-6-7;/h2*3-7H,1-2H3;2*3-6H,1H3;/q4*-1;+4. The van der Waals surface area contributed by atoms with Gasteiger partial charge in [-0.05, 0) is 0 Å². The van der Waals surface area contributed by atoms with Crippen LogP contribution in [0.2, 0.25) is 0 Å². The number of rotatable bonds is 4. The summed E-state index contributed by atoms with van der Waals surface area (Å²) >= 11 is 0. The Morgan fingerprint density at radius 2 is 0.848 bits per heavy atom. The monoisotopic (exact) mass is 476 g/mol. The zero-order valence-corrected chi connectivity index (χ0v) is 22.3. The number of benzene rings is 2. The minimum Gasteiger partial charge on any atom is -0.522 e. The van der Waals surface area contributed by atoms with Gasteiger partial charge in [0.2, 0.25) is 0 Å². The summed E-state index contributed by atoms with van der Waals surface area (Å²) in [5, 5.41) is 0. The Labute approximate surface area is 216 Å². The topological polar surface area (TPSA) is 18.5 Å². The molecule has 0 saturated carbocycles. The molecule has 4 aromatic carbocycles. The third kappa shape index (κ3) is 14.3. The van der Waals surface area contributed by atoms with Crippen molar-refractivity contribution in [1.82, 2.24) is 0 Å². The molecule has 172 valence electrons. The molecule has 0 aliphatic rings. The van der Waals surface area contributed by atoms with Gasteiger partial charge in [-0.1, -0.05) is 39.5 Å². The van der Waals surface area contributed by atoms with Crippen molar-refractivity contribution in [2.45, 2.75) is 39.5 Å². The summed E-state index contributed by atoms with van der Waals surface area (Å²) in [5.41, 5.74) is 2.87. The Hall–Kier alpha value is -2.55. The molecule has 0 spiro atoms. The quantitative estimate of drug-likeness (QED) is 0.219. The van der Waals surface area contributed by atoms with E-state index >= 15 is 0 Å². The Morgan fingerprint density at radius 3 is 1.00 bits per heavy atom. The largest absolute Gasteiger partial charge is 4.00 e. The predicted molar refractivity (Wildman–Crippen MR) is 136 cm³/mol. The second kappa shape index (κ2) is 19.0. The first kappa shape index (κ1) is 30.5. The van der Waals surface area contributed by atoms with Crippen molar-refractivity contribution >= 4 is 0 Å². The van der Waals surface area contributed by atoms with Gasteiger partial charge >= 0.3 is 21.7 Å². The van der Waals surface area contributed by atoms with E-state index in [4.69, 9.17) is 9.47 Å². The molecule has 0 bridgehead atoms. The Balaban J connectivity index is 0.000000410. The Bertz CT molecular complexity index is 803. The van der Waals surface area contributed by atoms with Crippen LogP contribution >= 0.6 is 0 Å². The first-order chi connectivity index (χ1) is 15.5. The van der Waals surface area contributed by atoms with Crippen LogP contribution in [0, 0.1) is 12.1 Å². The summed E-state index contributed by atoms with van der Waals surface area (Å²) < 4.78 is 9.79. The molecule has 4 aromatic rings. The smallest absolute Gasteiger partial charge is 0.522 e. The van der Waals surface area contributed by atoms with Crippen LogP contribution in [0.4, 0.5) is 0 Å². The second-order valence-corrected chi connectivity index (χ2v) is 7.63. The van der Waals surface area contributed by atoms with Crippen molar-refractivity contribution in [3.8, 4) is 11.5 Å². The van der Waals surface area contributed by atoms with Gasteiger partial charge in [-0.2, -0.15) is 71.8 Å². The van der Waals surface area contributed by atoms with Gasteiger partial charge in [0.15, 0.2) is 0 Å². The van der Waals surface area contributed by atoms with Crippen LogP contribution in [0.3, 0.4) is 0 Å². The number of hydrogen-bond donors (Lipinski definition) is 0. The molecule has 0 saturated heterocycles. The maximum atomic E-state index is 4.89. The molecule has 2 nitrogen and oxygen atoms in total. The van der Waals surface area contributed by atoms with E-state index in [0.29, 0.717) is 11.8 Å². The SMILES string of the molecule is CC(C)[c-]1cccc1.CC(C)[c-]1cccc1.COc1cc[c-]cc1.COc1cc[c-]cc1.[Ti+4]. The van der Waals surface area contributed by atoms with Crippen molar-refractivity contribution < 1.29 is 31.2 Å². The van der Waals surface area contributed by atoms with Crippen molar-refractivity contribution in [2.75, 3.05) is 14.2 Å². The van der Waals surface area contributed by atoms with Crippen LogP contribution in [0.15, 0.2) is 97.1 Å². The minimum atomic E-state index is 0. The maximum absolute atomic E-state index is 4.89. The van der Waals surface area contributed by atoms with Crippen LogP contribution in [-0.4, -0.2) is 14.2 Å². The molecule has 0 amide bonds. The fourth-order valence-corrected chi connectivity index (χ4v) is 2.56. The third-order valence-corrected chi connectivity index (χ3v) is 4.56. The van der Waals surface area contributed by atoms with Crippen molar-refractivity contribution in [3.63, 3.8) is 0 Å². The summed E-state index contributed by atoms with van der Waals surface area (Å²) in [7, 11) is 3.30. The van der Waals surface area contributed by atoms with Gasteiger partial charge in [0.05, 0.1) is 14.2 Å². The molecule has 0 heterocycles. The van der Waals surface area contributed by atoms with E-state index in [0.717, 1.165) is 11.5 Å². The van der Waals surface area contributed by atoms with Gasteiger partial charge in [0, 0.05) is 11.5 Å². The zero-order valence-electron chi connectivity index (χ0n) is 20.7. The molecule has 0 aromatic heterocycles. The predicted octanol–water partition coefficient (Wildman–Crippen LogP) is 8.05. The molecular weight excluding hydrogens is 440 g/mol. The summed E-state index contributed by atoms with van der Waals surface area (Å²) in [6, 6.07) is 37.4. The third-order valence-electron chi connectivity index (χ3n) is 4.56. The van der Waals surface area contributed by atoms with E-state index in [9.17, 15) is 0 Å². The molecule has 0 radical (unpaired) electrons. The van der Waals surface area contributed by atoms with Gasteiger partial charge in [-0.15, -0.1) is 24.3 Å². The Morgan fingerprint density at radius 1 is 0.576 bits per heavy atom. The normalized spacial score (nSPS) is 9.21. The van der Waals surface area contributed by atoms with E-state index in [2.05, 4.69) is 88.4 Å². The van der Waals surface area contributed by atoms with Gasteiger partial charge in [-0.3, -0.25) is 0 Å². The van der Waals surface area contributed by atoms with Crippen molar-refractivity contribution in [1.29, 1.82) is 0 Å². The zero-order chi connectivity index (χ0) is 23.6. The average molecular weight is 476 g/mol. The molecule has 3 heteroatoms. The fraction of sp³-hybridized carbons (Fsp3) is 0.267. The van der Waals surface area contributed by atoms with Gasteiger partial charge < -0.3 is 9.47 Å². The average Bonchev–Trinajstić information content (AvgIpc) is 3.56. The fourth-order valence-electron chi connectivity index (χ4n) is 2.56. The van der Waals surface area contributed by atoms with E-state index in [1.54, 1.807) is 14.2 Å². The molecular formula is C30H36O2Ti. The molecule has 4 rings (SSSR count). The number of ether oxygens (including phenoxy) is 2. The molecule has 0 aliphatic carbocycles. The van der Waals surface area contributed by atoms with E-state index in [1.807, 2.05) is 48.5 Å². The van der Waals surface area contributed by atoms with Crippen LogP contribution in [-0.2, 0) is 21.7 Å². The van der Waals surface area contributed by atoms with Gasteiger partial charge in [0.1, 0.15) is 0 Å². The van der Waals surface area contributed by atoms with Crippen molar-refractivity contribution in [3.05, 3.63) is 120 Å². The summed E-state index contributed by atoms with van der Waals surface area (Å²) in [6.07, 6.45) is 0. The van der Waals surface area contributed by atoms with E-state index < -0.39 is 0 Å². The Kier molecular flexibility index (Phi) is 17.5. The molecule has 0 N–H and O–H groups in total. The van der Waals surface area contributed by atoms with Crippen LogP contribution in [0.5, 0.6) is 11.5 Å². The molecule has 0 aliphatic heterocycles. The summed E-state index contributed by atoms with van der Waals surface area (Å²) in [6.45, 7) is 8.81. The number of hydrogen-bond acceptors (Lipinski definition) is 2. The van der Waals surface area contributed by atoms with Gasteiger partial charge in [0.25, 0.3) is 0 Å². The molecule has 33 heavy (non-hydrogen) atoms. The van der Waals surface area contributed by atoms with Gasteiger partial charge in [-0.25, -0.2) is 24.3 Å². The molecule has 0 unspecified atom stereocenters. The first-order valence-electron chi connectivity index (χ1n) is 10.9. The van der Waals surface area contributed by atoms with E-state index in [-0.39, 0.29) is 21.7 Å². The van der Waals surface area contributed by atoms with Crippen LogP contribution in [0.1, 0.15) is 50.7 Å². The van der Waals surface area contributed by atoms with E-state index in [1.165, 1.54) is 11.1 Å². The summed E-state index contributed by atoms with van der Waals surface area (Å²) in [4.78, 5) is 0.